The van der Waals surface area contributed by atoms with Crippen molar-refractivity contribution in [3.05, 3.63) is 44.0 Å². The van der Waals surface area contributed by atoms with Crippen molar-refractivity contribution in [3.63, 3.8) is 0 Å². The molecule has 18 heavy (non-hydrogen) atoms. The highest BCUT2D eigenvalue weighted by molar-refractivity contribution is 9.09. The molecule has 0 aliphatic carbocycles. The van der Waals surface area contributed by atoms with Crippen LogP contribution in [0.4, 0.5) is 11.4 Å². The second-order valence-corrected chi connectivity index (χ2v) is 5.47. The molecule has 1 unspecified atom stereocenters. The molecule has 0 N–H and O–H groups in total. The molecule has 98 valence electrons. The number of rotatable bonds is 5. The van der Waals surface area contributed by atoms with E-state index in [0.717, 1.165) is 6.07 Å². The van der Waals surface area contributed by atoms with Crippen molar-refractivity contribution in [2.24, 2.45) is 5.92 Å². The number of nitro groups is 2. The Morgan fingerprint density at radius 3 is 2.28 bits per heavy atom. The molecule has 1 rings (SSSR count). The summed E-state index contributed by atoms with van der Waals surface area (Å²) in [7, 11) is 0. The summed E-state index contributed by atoms with van der Waals surface area (Å²) in [6, 6.07) is 3.75. The van der Waals surface area contributed by atoms with Gasteiger partial charge in [0.2, 0.25) is 0 Å². The number of benzene rings is 1. The third-order valence-electron chi connectivity index (χ3n) is 2.61. The zero-order chi connectivity index (χ0) is 13.9. The van der Waals surface area contributed by atoms with Crippen molar-refractivity contribution in [2.45, 2.75) is 25.1 Å². The monoisotopic (exact) mass is 316 g/mol. The highest BCUT2D eigenvalue weighted by atomic mass is 79.9. The minimum Gasteiger partial charge on any atom is -0.258 e. The van der Waals surface area contributed by atoms with Gasteiger partial charge in [-0.1, -0.05) is 29.8 Å². The molecule has 7 heteroatoms. The van der Waals surface area contributed by atoms with Crippen LogP contribution in [0.1, 0.15) is 19.4 Å². The average Bonchev–Trinajstić information content (AvgIpc) is 2.28. The fourth-order valence-corrected chi connectivity index (χ4v) is 1.80. The molecule has 1 aromatic carbocycles. The SMILES string of the molecule is CC(C)C(Br)Cc1ccc([N+](=O)[O-])cc1[N+](=O)[O-]. The number of non-ortho nitro benzene ring substituents is 1. The van der Waals surface area contributed by atoms with E-state index in [1.165, 1.54) is 12.1 Å². The van der Waals surface area contributed by atoms with Crippen LogP contribution < -0.4 is 0 Å². The highest BCUT2D eigenvalue weighted by Crippen LogP contribution is 2.28. The minimum atomic E-state index is -0.634. The molecule has 0 spiro atoms. The fraction of sp³-hybridized carbons (Fsp3) is 0.455. The zero-order valence-corrected chi connectivity index (χ0v) is 11.6. The molecular weight excluding hydrogens is 304 g/mol. The van der Waals surface area contributed by atoms with Crippen molar-refractivity contribution >= 4 is 27.3 Å². The lowest BCUT2D eigenvalue weighted by Crippen LogP contribution is -2.11. The minimum absolute atomic E-state index is 0.0951. The largest absolute Gasteiger partial charge is 0.279 e. The molecule has 0 radical (unpaired) electrons. The van der Waals surface area contributed by atoms with Gasteiger partial charge in [-0.25, -0.2) is 0 Å². The standard InChI is InChI=1S/C11H13BrN2O4/c1-7(2)10(12)5-8-3-4-9(13(15)16)6-11(8)14(17)18/h3-4,6-7,10H,5H2,1-2H3. The molecule has 0 aromatic heterocycles. The van der Waals surface area contributed by atoms with Gasteiger partial charge in [-0.15, -0.1) is 0 Å². The number of alkyl halides is 1. The van der Waals surface area contributed by atoms with E-state index in [-0.39, 0.29) is 16.2 Å². The van der Waals surface area contributed by atoms with Gasteiger partial charge in [-0.3, -0.25) is 20.2 Å². The van der Waals surface area contributed by atoms with Crippen LogP contribution in [0.25, 0.3) is 0 Å². The Morgan fingerprint density at radius 2 is 1.83 bits per heavy atom. The number of halogens is 1. The van der Waals surface area contributed by atoms with Crippen molar-refractivity contribution in [3.8, 4) is 0 Å². The Morgan fingerprint density at radius 1 is 1.22 bits per heavy atom. The molecule has 0 amide bonds. The van der Waals surface area contributed by atoms with E-state index >= 15 is 0 Å². The predicted molar refractivity (Wildman–Crippen MR) is 71.0 cm³/mol. The van der Waals surface area contributed by atoms with E-state index in [4.69, 9.17) is 0 Å². The summed E-state index contributed by atoms with van der Waals surface area (Å²) in [6.07, 6.45) is 0.464. The Hall–Kier alpha value is -1.50. The van der Waals surface area contributed by atoms with E-state index < -0.39 is 9.85 Å². The van der Waals surface area contributed by atoms with Gasteiger partial charge >= 0.3 is 0 Å². The van der Waals surface area contributed by atoms with Gasteiger partial charge in [0, 0.05) is 16.5 Å². The van der Waals surface area contributed by atoms with Crippen LogP contribution in [0.3, 0.4) is 0 Å². The number of nitrogens with zero attached hydrogens (tertiary/aromatic N) is 2. The lowest BCUT2D eigenvalue weighted by atomic mass is 10.0. The molecule has 1 aromatic rings. The molecule has 0 saturated heterocycles. The van der Waals surface area contributed by atoms with Crippen LogP contribution in [0.2, 0.25) is 0 Å². The van der Waals surface area contributed by atoms with Crippen LogP contribution in [0.15, 0.2) is 18.2 Å². The third kappa shape index (κ3) is 3.49. The Balaban J connectivity index is 3.12. The van der Waals surface area contributed by atoms with Crippen LogP contribution in [-0.4, -0.2) is 14.7 Å². The molecule has 0 fully saturated rings. The topological polar surface area (TPSA) is 86.3 Å². The summed E-state index contributed by atoms with van der Waals surface area (Å²) in [5, 5.41) is 21.5. The third-order valence-corrected chi connectivity index (χ3v) is 4.00. The maximum atomic E-state index is 10.9. The van der Waals surface area contributed by atoms with Gasteiger partial charge in [0.25, 0.3) is 11.4 Å². The highest BCUT2D eigenvalue weighted by Gasteiger charge is 2.22. The van der Waals surface area contributed by atoms with Crippen molar-refractivity contribution in [2.75, 3.05) is 0 Å². The predicted octanol–water partition coefficient (Wildman–Crippen LogP) is 3.47. The lowest BCUT2D eigenvalue weighted by Gasteiger charge is -2.13. The van der Waals surface area contributed by atoms with Gasteiger partial charge in [-0.05, 0) is 18.4 Å². The summed E-state index contributed by atoms with van der Waals surface area (Å²) in [6.45, 7) is 3.99. The molecule has 1 atom stereocenters. The summed E-state index contributed by atoms with van der Waals surface area (Å²) >= 11 is 3.45. The van der Waals surface area contributed by atoms with Crippen molar-refractivity contribution in [1.29, 1.82) is 0 Å². The molecule has 0 aliphatic rings. The Labute approximate surface area is 112 Å². The van der Waals surface area contributed by atoms with E-state index in [0.29, 0.717) is 17.9 Å². The van der Waals surface area contributed by atoms with Gasteiger partial charge in [0.05, 0.1) is 15.9 Å². The zero-order valence-electron chi connectivity index (χ0n) is 10.00. The van der Waals surface area contributed by atoms with Gasteiger partial charge < -0.3 is 0 Å². The summed E-state index contributed by atoms with van der Waals surface area (Å²) in [5.41, 5.74) is 0.0385. The van der Waals surface area contributed by atoms with Gasteiger partial charge in [0.1, 0.15) is 0 Å². The number of hydrogen-bond acceptors (Lipinski definition) is 4. The molecule has 6 nitrogen and oxygen atoms in total. The maximum Gasteiger partial charge on any atom is 0.279 e. The first-order valence-electron chi connectivity index (χ1n) is 5.38. The normalized spacial score (nSPS) is 12.4. The molecule has 0 bridgehead atoms. The lowest BCUT2D eigenvalue weighted by molar-refractivity contribution is -0.394. The first-order valence-corrected chi connectivity index (χ1v) is 6.30. The first-order chi connectivity index (χ1) is 8.32. The van der Waals surface area contributed by atoms with E-state index in [9.17, 15) is 20.2 Å². The molecular formula is C11H13BrN2O4. The molecule has 0 aliphatic heterocycles. The number of hydrogen-bond donors (Lipinski definition) is 0. The van der Waals surface area contributed by atoms with Crippen LogP contribution in [0, 0.1) is 26.1 Å². The fourth-order valence-electron chi connectivity index (χ4n) is 1.45. The Bertz CT molecular complexity index is 476. The molecule has 0 saturated carbocycles. The number of nitro benzene ring substituents is 2. The maximum absolute atomic E-state index is 10.9. The van der Waals surface area contributed by atoms with Crippen molar-refractivity contribution in [1.82, 2.24) is 0 Å². The van der Waals surface area contributed by atoms with Gasteiger partial charge in [-0.2, -0.15) is 0 Å². The van der Waals surface area contributed by atoms with Crippen molar-refractivity contribution < 1.29 is 9.85 Å². The van der Waals surface area contributed by atoms with Crippen LogP contribution in [-0.2, 0) is 6.42 Å². The second kappa shape index (κ2) is 5.90. The van der Waals surface area contributed by atoms with E-state index in [1.807, 2.05) is 13.8 Å². The quantitative estimate of drug-likeness (QED) is 0.473. The second-order valence-electron chi connectivity index (χ2n) is 4.29. The summed E-state index contributed by atoms with van der Waals surface area (Å²) < 4.78 is 0. The first kappa shape index (κ1) is 14.6. The smallest absolute Gasteiger partial charge is 0.258 e. The average molecular weight is 317 g/mol. The van der Waals surface area contributed by atoms with Crippen LogP contribution in [0.5, 0.6) is 0 Å². The summed E-state index contributed by atoms with van der Waals surface area (Å²) in [4.78, 5) is 20.4. The van der Waals surface area contributed by atoms with E-state index in [1.54, 1.807) is 0 Å². The molecule has 0 heterocycles. The van der Waals surface area contributed by atoms with Gasteiger partial charge in [0.15, 0.2) is 0 Å². The Kier molecular flexibility index (Phi) is 4.77. The summed E-state index contributed by atoms with van der Waals surface area (Å²) in [5.74, 6) is 0.319. The van der Waals surface area contributed by atoms with E-state index in [2.05, 4.69) is 15.9 Å². The van der Waals surface area contributed by atoms with Crippen LogP contribution >= 0.6 is 15.9 Å².